The minimum Gasteiger partial charge on any atom is -0.455 e. The van der Waals surface area contributed by atoms with E-state index >= 15 is 0 Å². The van der Waals surface area contributed by atoms with Crippen molar-refractivity contribution in [2.24, 2.45) is 0 Å². The summed E-state index contributed by atoms with van der Waals surface area (Å²) in [7, 11) is 0. The molecule has 0 radical (unpaired) electrons. The van der Waals surface area contributed by atoms with Crippen LogP contribution in [-0.4, -0.2) is 4.98 Å². The van der Waals surface area contributed by atoms with Crippen LogP contribution in [-0.2, 0) is 0 Å². The van der Waals surface area contributed by atoms with Crippen LogP contribution < -0.4 is 0 Å². The lowest BCUT2D eigenvalue weighted by Gasteiger charge is -2.06. The normalized spacial score (nSPS) is 15.6. The summed E-state index contributed by atoms with van der Waals surface area (Å²) < 4.78 is 68.6. The minimum atomic E-state index is -2.45. The van der Waals surface area contributed by atoms with Crippen molar-refractivity contribution in [1.29, 1.82) is 0 Å². The van der Waals surface area contributed by atoms with Crippen LogP contribution in [0, 0.1) is 13.7 Å². The Morgan fingerprint density at radius 1 is 0.647 bits per heavy atom. The van der Waals surface area contributed by atoms with Crippen molar-refractivity contribution in [3.05, 3.63) is 102 Å². The van der Waals surface area contributed by atoms with E-state index in [0.717, 1.165) is 16.4 Å². The summed E-state index contributed by atoms with van der Waals surface area (Å²) in [6, 6.07) is 23.4. The quantitative estimate of drug-likeness (QED) is 0.266. The molecule has 7 rings (SSSR count). The highest BCUT2D eigenvalue weighted by Crippen LogP contribution is 2.43. The zero-order valence-corrected chi connectivity index (χ0v) is 17.8. The van der Waals surface area contributed by atoms with Gasteiger partial charge in [-0.05, 0) is 55.2 Å². The zero-order chi connectivity index (χ0) is 28.7. The zero-order valence-electron chi connectivity index (χ0n) is 24.8. The Labute approximate surface area is 206 Å². The first-order chi connectivity index (χ1) is 19.5. The van der Waals surface area contributed by atoms with Crippen molar-refractivity contribution in [2.75, 3.05) is 0 Å². The van der Waals surface area contributed by atoms with Gasteiger partial charge in [-0.15, -0.1) is 0 Å². The van der Waals surface area contributed by atoms with Crippen LogP contribution in [0.15, 0.2) is 99.9 Å². The Morgan fingerprint density at radius 2 is 1.38 bits per heavy atom. The summed E-state index contributed by atoms with van der Waals surface area (Å²) in [5, 5.41) is 3.15. The van der Waals surface area contributed by atoms with E-state index in [-0.39, 0.29) is 17.2 Å². The predicted octanol–water partition coefficient (Wildman–Crippen LogP) is 8.83. The van der Waals surface area contributed by atoms with E-state index in [1.807, 2.05) is 48.5 Å². The fourth-order valence-electron chi connectivity index (χ4n) is 4.76. The molecular formula is C31H21NO2. The van der Waals surface area contributed by atoms with Gasteiger partial charge in [0.25, 0.3) is 0 Å². The summed E-state index contributed by atoms with van der Waals surface area (Å²) in [5.74, 6) is 0. The topological polar surface area (TPSA) is 39.2 Å². The van der Waals surface area contributed by atoms with Gasteiger partial charge in [0.2, 0.25) is 0 Å². The van der Waals surface area contributed by atoms with Gasteiger partial charge in [0.15, 0.2) is 0 Å². The molecule has 0 fully saturated rings. The fraction of sp³-hybridized carbons (Fsp3) is 0.0645. The highest BCUT2D eigenvalue weighted by molar-refractivity contribution is 6.16. The first-order valence-corrected chi connectivity index (χ1v) is 10.9. The summed E-state index contributed by atoms with van der Waals surface area (Å²) >= 11 is 0. The molecule has 3 aromatic heterocycles. The molecule has 3 heterocycles. The SMILES string of the molecule is [2H]c1cc(-c2cccc3c2oc2c(-c4cccc5c4oc4ccccc45)cc(C([2H])([2H])[2H])cc23)ncc1C([2H])([2H])[2H]. The Kier molecular flexibility index (Phi) is 2.78. The van der Waals surface area contributed by atoms with Gasteiger partial charge in [0.05, 0.1) is 7.06 Å². The van der Waals surface area contributed by atoms with Crippen molar-refractivity contribution in [3.8, 4) is 22.4 Å². The lowest BCUT2D eigenvalue weighted by Crippen LogP contribution is -1.84. The molecule has 0 atom stereocenters. The number of hydrogen-bond donors (Lipinski definition) is 0. The van der Waals surface area contributed by atoms with Crippen LogP contribution in [0.5, 0.6) is 0 Å². The summed E-state index contributed by atoms with van der Waals surface area (Å²) in [6.07, 6.45) is 1.20. The van der Waals surface area contributed by atoms with Gasteiger partial charge in [-0.1, -0.05) is 54.6 Å². The monoisotopic (exact) mass is 446 g/mol. The molecule has 0 aliphatic rings. The van der Waals surface area contributed by atoms with Crippen molar-refractivity contribution in [1.82, 2.24) is 4.98 Å². The predicted molar refractivity (Wildman–Crippen MR) is 139 cm³/mol. The third kappa shape index (κ3) is 2.74. The lowest BCUT2D eigenvalue weighted by atomic mass is 9.97. The molecule has 0 unspecified atom stereocenters. The van der Waals surface area contributed by atoms with Crippen LogP contribution in [0.4, 0.5) is 0 Å². The minimum absolute atomic E-state index is 0.137. The maximum Gasteiger partial charge on any atom is 0.144 e. The molecule has 0 saturated carbocycles. The highest BCUT2D eigenvalue weighted by atomic mass is 16.3. The number of hydrogen-bond acceptors (Lipinski definition) is 3. The summed E-state index contributed by atoms with van der Waals surface area (Å²) in [6.45, 7) is -4.83. The largest absolute Gasteiger partial charge is 0.455 e. The number of pyridine rings is 1. The van der Waals surface area contributed by atoms with Crippen LogP contribution in [0.3, 0.4) is 0 Å². The van der Waals surface area contributed by atoms with Gasteiger partial charge >= 0.3 is 0 Å². The van der Waals surface area contributed by atoms with E-state index in [0.29, 0.717) is 49.9 Å². The second-order valence-corrected chi connectivity index (χ2v) is 8.31. The van der Waals surface area contributed by atoms with E-state index in [9.17, 15) is 0 Å². The molecule has 7 aromatic rings. The van der Waals surface area contributed by atoms with E-state index in [1.54, 1.807) is 24.3 Å². The third-order valence-electron chi connectivity index (χ3n) is 6.27. The Bertz CT molecular complexity index is 2150. The maximum atomic E-state index is 8.29. The Hall–Kier alpha value is -4.37. The van der Waals surface area contributed by atoms with E-state index in [1.165, 1.54) is 12.3 Å². The number of aromatic nitrogens is 1. The van der Waals surface area contributed by atoms with Crippen LogP contribution in [0.25, 0.3) is 66.3 Å². The highest BCUT2D eigenvalue weighted by Gasteiger charge is 2.19. The van der Waals surface area contributed by atoms with Crippen LogP contribution in [0.1, 0.15) is 20.7 Å². The van der Waals surface area contributed by atoms with E-state index in [4.69, 9.17) is 18.4 Å². The second-order valence-electron chi connectivity index (χ2n) is 8.31. The van der Waals surface area contributed by atoms with Gasteiger partial charge in [0.1, 0.15) is 22.3 Å². The van der Waals surface area contributed by atoms with E-state index in [2.05, 4.69) is 4.98 Å². The fourth-order valence-corrected chi connectivity index (χ4v) is 4.76. The Balaban J connectivity index is 1.54. The molecule has 4 aromatic carbocycles. The first kappa shape index (κ1) is 13.4. The molecule has 34 heavy (non-hydrogen) atoms. The molecule has 0 spiro atoms. The number of nitrogens with zero attached hydrogens (tertiary/aromatic N) is 1. The molecule has 0 aliphatic carbocycles. The number of rotatable bonds is 2. The summed E-state index contributed by atoms with van der Waals surface area (Å²) in [5.41, 5.74) is 4.53. The average molecular weight is 447 g/mol. The van der Waals surface area contributed by atoms with Gasteiger partial charge < -0.3 is 8.83 Å². The van der Waals surface area contributed by atoms with Crippen molar-refractivity contribution < 1.29 is 18.4 Å². The lowest BCUT2D eigenvalue weighted by molar-refractivity contribution is 0.665. The van der Waals surface area contributed by atoms with Gasteiger partial charge in [0, 0.05) is 52.7 Å². The molecular weight excluding hydrogens is 418 g/mol. The number of furan rings is 2. The molecule has 0 saturated heterocycles. The molecule has 0 amide bonds. The maximum absolute atomic E-state index is 8.29. The van der Waals surface area contributed by atoms with Crippen molar-refractivity contribution in [3.63, 3.8) is 0 Å². The van der Waals surface area contributed by atoms with Gasteiger partial charge in [-0.3, -0.25) is 4.98 Å². The molecule has 0 N–H and O–H groups in total. The average Bonchev–Trinajstić information content (AvgIpc) is 3.50. The van der Waals surface area contributed by atoms with Crippen molar-refractivity contribution >= 4 is 43.9 Å². The number of benzene rings is 4. The Morgan fingerprint density at radius 3 is 2.24 bits per heavy atom. The van der Waals surface area contributed by atoms with Crippen LogP contribution >= 0.6 is 0 Å². The van der Waals surface area contributed by atoms with Gasteiger partial charge in [-0.2, -0.15) is 0 Å². The third-order valence-corrected chi connectivity index (χ3v) is 6.27. The van der Waals surface area contributed by atoms with E-state index < -0.39 is 13.7 Å². The molecule has 162 valence electrons. The number of para-hydroxylation sites is 3. The second kappa shape index (κ2) is 7.06. The van der Waals surface area contributed by atoms with Gasteiger partial charge in [-0.25, -0.2) is 0 Å². The number of fused-ring (bicyclic) bond motifs is 6. The van der Waals surface area contributed by atoms with Crippen LogP contribution in [0.2, 0.25) is 0 Å². The standard InChI is InChI=1S/C31H21NO2/c1-18-13-14-27(32-17-18)24-11-6-10-23-26-16-19(2)15-25(31(26)34-30(23)24)22-9-5-8-21-20-7-3-4-12-28(20)33-29(21)22/h3-17H,1-2H3/i1D3,2D3,13D. The molecule has 0 bridgehead atoms. The molecule has 3 heteroatoms. The molecule has 3 nitrogen and oxygen atoms in total. The smallest absolute Gasteiger partial charge is 0.144 e. The number of aryl methyl sites for hydroxylation is 2. The summed E-state index contributed by atoms with van der Waals surface area (Å²) in [4.78, 5) is 4.35. The van der Waals surface area contributed by atoms with Crippen molar-refractivity contribution in [2.45, 2.75) is 13.7 Å². The molecule has 0 aliphatic heterocycles. The first-order valence-electron chi connectivity index (χ1n) is 14.4.